The highest BCUT2D eigenvalue weighted by atomic mass is 32.2. The highest BCUT2D eigenvalue weighted by Crippen LogP contribution is 2.56. The number of sulfone groups is 1. The van der Waals surface area contributed by atoms with Crippen molar-refractivity contribution in [3.8, 4) is 17.2 Å². The molecule has 0 bridgehead atoms. The number of alkyl halides is 6. The highest BCUT2D eigenvalue weighted by molar-refractivity contribution is 7.91. The standard InChI is InChI=1S/C33H30F6O10S3/c1-4-30(3,5-2)26-16-14-24(18-28(26)51(43,44)45)50(41,42)25-15-17-27(29(19-25)52(46,47)48)49-23-12-8-21(9-13-23)31(32(34,35)36,33(37,38)39)20-6-10-22(40)11-7-20/h6-19,40H,4-5H2,1-3H3,(H,43,44,45)(H,46,47,48). The summed E-state index contributed by atoms with van der Waals surface area (Å²) in [6.45, 7) is 5.22. The van der Waals surface area contributed by atoms with Crippen LogP contribution in [0.25, 0.3) is 0 Å². The predicted octanol–water partition coefficient (Wildman–Crippen LogP) is 8.00. The average molecular weight is 797 g/mol. The molecule has 0 unspecified atom stereocenters. The Hall–Kier alpha value is -4.17. The minimum atomic E-state index is -5.96. The van der Waals surface area contributed by atoms with E-state index in [0.29, 0.717) is 73.5 Å². The van der Waals surface area contributed by atoms with Crippen molar-refractivity contribution in [3.63, 3.8) is 0 Å². The third-order valence-electron chi connectivity index (χ3n) is 8.92. The van der Waals surface area contributed by atoms with E-state index in [9.17, 15) is 65.8 Å². The number of halogens is 6. The van der Waals surface area contributed by atoms with E-state index in [1.54, 1.807) is 20.8 Å². The molecule has 0 aromatic heterocycles. The van der Waals surface area contributed by atoms with Crippen molar-refractivity contribution < 1.29 is 70.5 Å². The van der Waals surface area contributed by atoms with Crippen molar-refractivity contribution >= 4 is 30.1 Å². The van der Waals surface area contributed by atoms with Crippen LogP contribution in [0.4, 0.5) is 26.3 Å². The first kappa shape index (κ1) is 40.6. The van der Waals surface area contributed by atoms with Gasteiger partial charge in [0.1, 0.15) is 22.1 Å². The van der Waals surface area contributed by atoms with E-state index in [0.717, 1.165) is 18.2 Å². The Morgan fingerprint density at radius 3 is 1.46 bits per heavy atom. The van der Waals surface area contributed by atoms with Crippen LogP contribution < -0.4 is 4.74 Å². The molecule has 0 atom stereocenters. The molecule has 0 aliphatic heterocycles. The fourth-order valence-corrected chi connectivity index (χ4v) is 8.65. The van der Waals surface area contributed by atoms with Crippen LogP contribution in [0.15, 0.2) is 105 Å². The van der Waals surface area contributed by atoms with Crippen molar-refractivity contribution in [2.45, 2.75) is 76.4 Å². The van der Waals surface area contributed by atoms with Gasteiger partial charge in [0.2, 0.25) is 15.3 Å². The molecule has 0 aliphatic rings. The summed E-state index contributed by atoms with van der Waals surface area (Å²) in [5.41, 5.74) is -7.85. The summed E-state index contributed by atoms with van der Waals surface area (Å²) < 4.78 is 188. The molecule has 0 saturated carbocycles. The summed E-state index contributed by atoms with van der Waals surface area (Å²) in [6, 6.07) is 9.28. The van der Waals surface area contributed by atoms with Gasteiger partial charge < -0.3 is 9.84 Å². The van der Waals surface area contributed by atoms with Crippen LogP contribution in [0.1, 0.15) is 50.3 Å². The van der Waals surface area contributed by atoms with Crippen LogP contribution in [0, 0.1) is 0 Å². The number of benzene rings is 4. The van der Waals surface area contributed by atoms with E-state index in [-0.39, 0.29) is 5.56 Å². The van der Waals surface area contributed by atoms with Crippen molar-refractivity contribution in [1.29, 1.82) is 0 Å². The lowest BCUT2D eigenvalue weighted by molar-refractivity contribution is -0.288. The third-order valence-corrected chi connectivity index (χ3v) is 12.4. The van der Waals surface area contributed by atoms with E-state index in [4.69, 9.17) is 4.74 Å². The second kappa shape index (κ2) is 13.7. The fourth-order valence-electron chi connectivity index (χ4n) is 5.68. The molecule has 4 rings (SSSR count). The Balaban J connectivity index is 1.81. The van der Waals surface area contributed by atoms with Gasteiger partial charge in [-0.05, 0) is 89.5 Å². The van der Waals surface area contributed by atoms with Gasteiger partial charge in [0.15, 0.2) is 0 Å². The molecule has 10 nitrogen and oxygen atoms in total. The minimum absolute atomic E-state index is 0.123. The van der Waals surface area contributed by atoms with Gasteiger partial charge in [-0.1, -0.05) is 51.1 Å². The van der Waals surface area contributed by atoms with Gasteiger partial charge in [-0.2, -0.15) is 43.2 Å². The number of ether oxygens (including phenoxy) is 1. The normalized spacial score (nSPS) is 13.6. The summed E-state index contributed by atoms with van der Waals surface area (Å²) in [6.07, 6.45) is -11.1. The van der Waals surface area contributed by atoms with E-state index >= 15 is 0 Å². The number of hydrogen-bond acceptors (Lipinski definition) is 8. The molecule has 0 spiro atoms. The molecule has 0 heterocycles. The van der Waals surface area contributed by atoms with Crippen molar-refractivity contribution in [3.05, 3.63) is 102 Å². The van der Waals surface area contributed by atoms with Gasteiger partial charge in [-0.15, -0.1) is 0 Å². The largest absolute Gasteiger partial charge is 0.508 e. The smallest absolute Gasteiger partial charge is 0.411 e. The Bertz CT molecular complexity index is 2290. The SMILES string of the molecule is CCC(C)(CC)c1ccc(S(=O)(=O)c2ccc(Oc3ccc(C(c4ccc(O)cc4)(C(F)(F)F)C(F)(F)F)cc3)c(S(=O)(=O)O)c2)cc1S(=O)(=O)O. The second-order valence-electron chi connectivity index (χ2n) is 11.9. The third kappa shape index (κ3) is 7.36. The van der Waals surface area contributed by atoms with Crippen LogP contribution in [0.5, 0.6) is 17.2 Å². The minimum Gasteiger partial charge on any atom is -0.508 e. The summed E-state index contributed by atoms with van der Waals surface area (Å²) in [5.74, 6) is -1.91. The van der Waals surface area contributed by atoms with Crippen molar-refractivity contribution in [2.24, 2.45) is 0 Å². The highest BCUT2D eigenvalue weighted by Gasteiger charge is 2.72. The first-order valence-corrected chi connectivity index (χ1v) is 19.3. The maximum absolute atomic E-state index is 14.4. The molecule has 4 aromatic rings. The first-order chi connectivity index (χ1) is 23.7. The summed E-state index contributed by atoms with van der Waals surface area (Å²) in [7, 11) is -15.1. The molecule has 0 fully saturated rings. The van der Waals surface area contributed by atoms with Crippen LogP contribution in [-0.4, -0.2) is 51.8 Å². The molecule has 0 radical (unpaired) electrons. The number of phenols is 1. The van der Waals surface area contributed by atoms with Gasteiger partial charge in [-0.3, -0.25) is 9.11 Å². The van der Waals surface area contributed by atoms with E-state index in [1.165, 1.54) is 6.07 Å². The lowest BCUT2D eigenvalue weighted by Crippen LogP contribution is -2.54. The summed E-state index contributed by atoms with van der Waals surface area (Å²) >= 11 is 0. The molecule has 282 valence electrons. The van der Waals surface area contributed by atoms with Gasteiger partial charge >= 0.3 is 12.4 Å². The maximum atomic E-state index is 14.4. The molecule has 4 aromatic carbocycles. The molecule has 3 N–H and O–H groups in total. The predicted molar refractivity (Wildman–Crippen MR) is 173 cm³/mol. The van der Waals surface area contributed by atoms with Gasteiger partial charge in [0.05, 0.1) is 14.7 Å². The summed E-state index contributed by atoms with van der Waals surface area (Å²) in [5, 5.41) is 9.46. The Morgan fingerprint density at radius 1 is 0.615 bits per heavy atom. The Morgan fingerprint density at radius 2 is 1.04 bits per heavy atom. The lowest BCUT2D eigenvalue weighted by atomic mass is 9.73. The zero-order valence-electron chi connectivity index (χ0n) is 27.2. The monoisotopic (exact) mass is 796 g/mol. The molecule has 0 amide bonds. The Kier molecular flexibility index (Phi) is 10.7. The molecule has 0 aliphatic carbocycles. The maximum Gasteiger partial charge on any atom is 0.411 e. The van der Waals surface area contributed by atoms with E-state index in [2.05, 4.69) is 0 Å². The fraction of sp³-hybridized carbons (Fsp3) is 0.273. The number of aromatic hydroxyl groups is 1. The average Bonchev–Trinajstić information content (AvgIpc) is 3.04. The van der Waals surface area contributed by atoms with E-state index < -0.39 is 101 Å². The number of hydrogen-bond donors (Lipinski definition) is 3. The molecule has 0 saturated heterocycles. The second-order valence-corrected chi connectivity index (χ2v) is 16.6. The van der Waals surface area contributed by atoms with Crippen molar-refractivity contribution in [2.75, 3.05) is 0 Å². The molecular formula is C33H30F6O10S3. The van der Waals surface area contributed by atoms with Gasteiger partial charge in [-0.25, -0.2) is 8.42 Å². The number of rotatable bonds is 11. The topological polar surface area (TPSA) is 172 Å². The van der Waals surface area contributed by atoms with Crippen LogP contribution in [0.3, 0.4) is 0 Å². The molecular weight excluding hydrogens is 767 g/mol. The van der Waals surface area contributed by atoms with Crippen LogP contribution in [0.2, 0.25) is 0 Å². The van der Waals surface area contributed by atoms with Crippen LogP contribution in [-0.2, 0) is 40.9 Å². The molecule has 52 heavy (non-hydrogen) atoms. The van der Waals surface area contributed by atoms with Gasteiger partial charge in [0.25, 0.3) is 20.2 Å². The van der Waals surface area contributed by atoms with E-state index in [1.807, 2.05) is 0 Å². The quantitative estimate of drug-likeness (QED) is 0.0998. The zero-order valence-corrected chi connectivity index (χ0v) is 29.6. The lowest BCUT2D eigenvalue weighted by Gasteiger charge is -2.38. The van der Waals surface area contributed by atoms with Gasteiger partial charge in [0, 0.05) is 0 Å². The summed E-state index contributed by atoms with van der Waals surface area (Å²) in [4.78, 5) is -3.38. The van der Waals surface area contributed by atoms with Crippen LogP contribution >= 0.6 is 0 Å². The zero-order chi connectivity index (χ0) is 39.3. The number of phenolic OH excluding ortho intramolecular Hbond substituents is 1. The van der Waals surface area contributed by atoms with Crippen molar-refractivity contribution in [1.82, 2.24) is 0 Å². The molecule has 19 heteroatoms. The Labute approximate surface area is 295 Å². The first-order valence-electron chi connectivity index (χ1n) is 14.9.